The molecule has 2 N–H and O–H groups in total. The molecule has 1 amide bonds. The first-order valence-corrected chi connectivity index (χ1v) is 9.33. The van der Waals surface area contributed by atoms with Gasteiger partial charge in [0.05, 0.1) is 18.8 Å². The van der Waals surface area contributed by atoms with E-state index in [0.29, 0.717) is 12.5 Å². The number of piperidine rings is 1. The highest BCUT2D eigenvalue weighted by molar-refractivity contribution is 5.77. The highest BCUT2D eigenvalue weighted by atomic mass is 16.5. The van der Waals surface area contributed by atoms with Crippen molar-refractivity contribution >= 4 is 5.91 Å². The van der Waals surface area contributed by atoms with Gasteiger partial charge in [-0.15, -0.1) is 0 Å². The molecule has 2 aromatic rings. The van der Waals surface area contributed by atoms with Gasteiger partial charge in [-0.2, -0.15) is 5.10 Å². The normalized spacial score (nSPS) is 25.5. The van der Waals surface area contributed by atoms with Gasteiger partial charge in [-0.05, 0) is 55.0 Å². The highest BCUT2D eigenvalue weighted by Gasteiger charge is 2.33. The second-order valence-corrected chi connectivity index (χ2v) is 7.31. The maximum atomic E-state index is 12.0. The van der Waals surface area contributed by atoms with Crippen LogP contribution in [0.2, 0.25) is 0 Å². The minimum absolute atomic E-state index is 0.0320. The zero-order valence-electron chi connectivity index (χ0n) is 15.4. The Morgan fingerprint density at radius 1 is 1.23 bits per heavy atom. The van der Waals surface area contributed by atoms with E-state index in [9.17, 15) is 4.79 Å². The van der Waals surface area contributed by atoms with Crippen LogP contribution < -0.4 is 15.4 Å². The van der Waals surface area contributed by atoms with E-state index < -0.39 is 0 Å². The fourth-order valence-corrected chi connectivity index (χ4v) is 4.25. The number of nitrogens with zero attached hydrogens (tertiary/aromatic N) is 2. The number of carbonyl (C=O) groups excluding carboxylic acids is 1. The monoisotopic (exact) mass is 354 g/mol. The largest absolute Gasteiger partial charge is 0.497 e. The minimum Gasteiger partial charge on any atom is -0.497 e. The molecule has 2 aliphatic rings. The number of aromatic nitrogens is 2. The lowest BCUT2D eigenvalue weighted by Crippen LogP contribution is -2.52. The molecule has 1 aromatic carbocycles. The number of fused-ring (bicyclic) bond motifs is 1. The number of ether oxygens (including phenoxy) is 1. The third-order valence-corrected chi connectivity index (χ3v) is 5.67. The van der Waals surface area contributed by atoms with Crippen LogP contribution in [0.4, 0.5) is 0 Å². The van der Waals surface area contributed by atoms with Gasteiger partial charge in [-0.25, -0.2) is 0 Å². The summed E-state index contributed by atoms with van der Waals surface area (Å²) in [7, 11) is 3.64. The number of hydrogen-bond donors (Lipinski definition) is 2. The average Bonchev–Trinajstić information content (AvgIpc) is 3.08. The van der Waals surface area contributed by atoms with Crippen LogP contribution in [0, 0.1) is 0 Å². The smallest absolute Gasteiger partial charge is 0.220 e. The molecule has 1 aliphatic heterocycles. The maximum absolute atomic E-state index is 12.0. The van der Waals surface area contributed by atoms with E-state index in [0.717, 1.165) is 37.1 Å². The Morgan fingerprint density at radius 3 is 2.88 bits per heavy atom. The number of nitrogens with one attached hydrogen (secondary N) is 2. The van der Waals surface area contributed by atoms with E-state index in [4.69, 9.17) is 4.74 Å². The van der Waals surface area contributed by atoms with Crippen LogP contribution in [0.5, 0.6) is 5.75 Å². The molecule has 138 valence electrons. The quantitative estimate of drug-likeness (QED) is 0.880. The number of benzene rings is 1. The molecule has 6 nitrogen and oxygen atoms in total. The first kappa shape index (κ1) is 17.1. The van der Waals surface area contributed by atoms with E-state index >= 15 is 0 Å². The lowest BCUT2D eigenvalue weighted by atomic mass is 9.86. The number of aryl methyl sites for hydroxylation is 2. The van der Waals surface area contributed by atoms with Gasteiger partial charge in [0, 0.05) is 31.7 Å². The molecular formula is C20H26N4O2. The SMILES string of the molecule is COc1ccc2c(c1)CC(N[C@@H]1CCC(=O)N[C@H]1c1ccnn1C)CC2. The maximum Gasteiger partial charge on any atom is 0.220 e. The number of amides is 1. The van der Waals surface area contributed by atoms with Crippen molar-refractivity contribution in [1.82, 2.24) is 20.4 Å². The molecule has 0 bridgehead atoms. The van der Waals surface area contributed by atoms with Crippen molar-refractivity contribution in [2.75, 3.05) is 7.11 Å². The topological polar surface area (TPSA) is 68.2 Å². The minimum atomic E-state index is -0.0320. The first-order valence-electron chi connectivity index (χ1n) is 9.33. The Kier molecular flexibility index (Phi) is 4.68. The molecule has 2 heterocycles. The van der Waals surface area contributed by atoms with Gasteiger partial charge in [0.1, 0.15) is 5.75 Å². The van der Waals surface area contributed by atoms with Gasteiger partial charge in [-0.3, -0.25) is 9.48 Å². The van der Waals surface area contributed by atoms with Crippen LogP contribution in [0.25, 0.3) is 0 Å². The Labute approximate surface area is 153 Å². The van der Waals surface area contributed by atoms with E-state index in [1.807, 2.05) is 23.9 Å². The molecule has 0 spiro atoms. The second kappa shape index (κ2) is 7.11. The zero-order chi connectivity index (χ0) is 18.1. The molecule has 4 rings (SSSR count). The van der Waals surface area contributed by atoms with Gasteiger partial charge in [-0.1, -0.05) is 6.07 Å². The summed E-state index contributed by atoms with van der Waals surface area (Å²) in [6.45, 7) is 0. The summed E-state index contributed by atoms with van der Waals surface area (Å²) in [6, 6.07) is 8.97. The van der Waals surface area contributed by atoms with Crippen molar-refractivity contribution in [3.63, 3.8) is 0 Å². The lowest BCUT2D eigenvalue weighted by molar-refractivity contribution is -0.124. The van der Waals surface area contributed by atoms with Gasteiger partial charge >= 0.3 is 0 Å². The summed E-state index contributed by atoms with van der Waals surface area (Å²) in [5.41, 5.74) is 3.84. The van der Waals surface area contributed by atoms with Gasteiger partial charge in [0.25, 0.3) is 0 Å². The third-order valence-electron chi connectivity index (χ3n) is 5.67. The van der Waals surface area contributed by atoms with Crippen molar-refractivity contribution in [2.24, 2.45) is 7.05 Å². The zero-order valence-corrected chi connectivity index (χ0v) is 15.4. The molecule has 0 radical (unpaired) electrons. The molecule has 1 saturated heterocycles. The van der Waals surface area contributed by atoms with Crippen LogP contribution in [0.1, 0.15) is 42.1 Å². The first-order chi connectivity index (χ1) is 12.6. The number of methoxy groups -OCH3 is 1. The summed E-state index contributed by atoms with van der Waals surface area (Å²) in [4.78, 5) is 12.0. The van der Waals surface area contributed by atoms with Crippen LogP contribution in [-0.2, 0) is 24.7 Å². The summed E-state index contributed by atoms with van der Waals surface area (Å²) in [6.07, 6.45) is 6.39. The van der Waals surface area contributed by atoms with Crippen molar-refractivity contribution < 1.29 is 9.53 Å². The molecular weight excluding hydrogens is 328 g/mol. The fourth-order valence-electron chi connectivity index (χ4n) is 4.25. The standard InChI is InChI=1S/C20H26N4O2/c1-24-18(9-10-21-24)20-17(7-8-19(25)23-20)22-15-5-3-13-4-6-16(26-2)12-14(13)11-15/h4,6,9-10,12,15,17,20,22H,3,5,7-8,11H2,1-2H3,(H,23,25)/t15?,17-,20-/m1/s1. The van der Waals surface area contributed by atoms with Crippen molar-refractivity contribution in [2.45, 2.75) is 50.2 Å². The molecule has 0 saturated carbocycles. The highest BCUT2D eigenvalue weighted by Crippen LogP contribution is 2.29. The Morgan fingerprint density at radius 2 is 2.12 bits per heavy atom. The van der Waals surface area contributed by atoms with E-state index in [2.05, 4.69) is 27.9 Å². The van der Waals surface area contributed by atoms with E-state index in [1.54, 1.807) is 13.3 Å². The Balaban J connectivity index is 1.50. The summed E-state index contributed by atoms with van der Waals surface area (Å²) in [5, 5.41) is 11.3. The van der Waals surface area contributed by atoms with Crippen molar-refractivity contribution in [3.05, 3.63) is 47.3 Å². The Bertz CT molecular complexity index is 801. The summed E-state index contributed by atoms with van der Waals surface area (Å²) >= 11 is 0. The van der Waals surface area contributed by atoms with E-state index in [1.165, 1.54) is 11.1 Å². The van der Waals surface area contributed by atoms with Crippen LogP contribution in [0.3, 0.4) is 0 Å². The lowest BCUT2D eigenvalue weighted by Gasteiger charge is -2.37. The van der Waals surface area contributed by atoms with Gasteiger partial charge in [0.2, 0.25) is 5.91 Å². The summed E-state index contributed by atoms with van der Waals surface area (Å²) in [5.74, 6) is 1.04. The van der Waals surface area contributed by atoms with Crippen LogP contribution >= 0.6 is 0 Å². The number of rotatable bonds is 4. The van der Waals surface area contributed by atoms with Gasteiger partial charge in [0.15, 0.2) is 0 Å². The second-order valence-electron chi connectivity index (χ2n) is 7.31. The number of carbonyl (C=O) groups is 1. The molecule has 1 fully saturated rings. The Hall–Kier alpha value is -2.34. The molecule has 1 aromatic heterocycles. The third kappa shape index (κ3) is 3.33. The molecule has 26 heavy (non-hydrogen) atoms. The van der Waals surface area contributed by atoms with E-state index in [-0.39, 0.29) is 18.0 Å². The van der Waals surface area contributed by atoms with Crippen molar-refractivity contribution in [1.29, 1.82) is 0 Å². The predicted molar refractivity (Wildman–Crippen MR) is 99.1 cm³/mol. The fraction of sp³-hybridized carbons (Fsp3) is 0.500. The van der Waals surface area contributed by atoms with Crippen LogP contribution in [-0.4, -0.2) is 34.9 Å². The van der Waals surface area contributed by atoms with Gasteiger partial charge < -0.3 is 15.4 Å². The molecule has 1 aliphatic carbocycles. The average molecular weight is 354 g/mol. The molecule has 3 atom stereocenters. The number of hydrogen-bond acceptors (Lipinski definition) is 4. The predicted octanol–water partition coefficient (Wildman–Crippen LogP) is 1.90. The van der Waals surface area contributed by atoms with Crippen LogP contribution in [0.15, 0.2) is 30.5 Å². The summed E-state index contributed by atoms with van der Waals surface area (Å²) < 4.78 is 7.23. The molecule has 6 heteroatoms. The van der Waals surface area contributed by atoms with Crippen molar-refractivity contribution in [3.8, 4) is 5.75 Å². The molecule has 1 unspecified atom stereocenters.